The summed E-state index contributed by atoms with van der Waals surface area (Å²) in [6.45, 7) is 4.16. The SMILES string of the molecule is CC1CCC(C=O)(CN(C)Cc2cccs2)CC1. The first kappa shape index (κ1) is 13.8. The number of aldehydes is 1. The van der Waals surface area contributed by atoms with Crippen LogP contribution in [0.1, 0.15) is 37.5 Å². The molecule has 0 radical (unpaired) electrons. The molecule has 2 rings (SSSR count). The summed E-state index contributed by atoms with van der Waals surface area (Å²) in [5, 5.41) is 2.11. The average molecular weight is 265 g/mol. The van der Waals surface area contributed by atoms with Gasteiger partial charge in [0.15, 0.2) is 0 Å². The van der Waals surface area contributed by atoms with Crippen molar-refractivity contribution in [1.82, 2.24) is 4.90 Å². The molecule has 2 nitrogen and oxygen atoms in total. The minimum atomic E-state index is -0.0848. The molecule has 1 saturated carbocycles. The van der Waals surface area contributed by atoms with Crippen LogP contribution < -0.4 is 0 Å². The average Bonchev–Trinajstić information content (AvgIpc) is 2.85. The smallest absolute Gasteiger partial charge is 0.127 e. The van der Waals surface area contributed by atoms with Crippen molar-refractivity contribution in [2.45, 2.75) is 39.2 Å². The minimum absolute atomic E-state index is 0.0848. The number of hydrogen-bond acceptors (Lipinski definition) is 3. The number of carbonyl (C=O) groups is 1. The molecule has 1 aliphatic rings. The van der Waals surface area contributed by atoms with Crippen molar-refractivity contribution in [1.29, 1.82) is 0 Å². The predicted molar refractivity (Wildman–Crippen MR) is 76.8 cm³/mol. The Kier molecular flexibility index (Phi) is 4.57. The highest BCUT2D eigenvalue weighted by molar-refractivity contribution is 7.09. The van der Waals surface area contributed by atoms with Crippen LogP contribution in [0.5, 0.6) is 0 Å². The van der Waals surface area contributed by atoms with Gasteiger partial charge in [-0.3, -0.25) is 0 Å². The van der Waals surface area contributed by atoms with Crippen molar-refractivity contribution >= 4 is 17.6 Å². The molecule has 0 spiro atoms. The highest BCUT2D eigenvalue weighted by Crippen LogP contribution is 2.38. The van der Waals surface area contributed by atoms with E-state index in [1.807, 2.05) is 0 Å². The molecular formula is C15H23NOS. The van der Waals surface area contributed by atoms with Gasteiger partial charge in [0, 0.05) is 23.4 Å². The first-order valence-electron chi connectivity index (χ1n) is 6.81. The maximum atomic E-state index is 11.5. The van der Waals surface area contributed by atoms with Crippen LogP contribution in [0.25, 0.3) is 0 Å². The lowest BCUT2D eigenvalue weighted by Crippen LogP contribution is -2.39. The predicted octanol–water partition coefficient (Wildman–Crippen LogP) is 3.58. The van der Waals surface area contributed by atoms with Crippen LogP contribution in [-0.4, -0.2) is 24.8 Å². The molecule has 100 valence electrons. The Morgan fingerprint density at radius 3 is 2.78 bits per heavy atom. The maximum absolute atomic E-state index is 11.5. The number of nitrogens with zero attached hydrogens (tertiary/aromatic N) is 1. The zero-order valence-electron chi connectivity index (χ0n) is 11.4. The molecular weight excluding hydrogens is 242 g/mol. The maximum Gasteiger partial charge on any atom is 0.127 e. The molecule has 0 saturated heterocycles. The molecule has 1 aromatic heterocycles. The third-order valence-electron chi connectivity index (χ3n) is 4.11. The molecule has 0 atom stereocenters. The molecule has 0 aromatic carbocycles. The van der Waals surface area contributed by atoms with Crippen molar-refractivity contribution in [2.24, 2.45) is 11.3 Å². The standard InChI is InChI=1S/C15H23NOS/c1-13-5-7-15(12-17,8-6-13)11-16(2)10-14-4-3-9-18-14/h3-4,9,12-13H,5-8,10-11H2,1-2H3. The van der Waals surface area contributed by atoms with Gasteiger partial charge >= 0.3 is 0 Å². The van der Waals surface area contributed by atoms with Crippen molar-refractivity contribution in [2.75, 3.05) is 13.6 Å². The topological polar surface area (TPSA) is 20.3 Å². The molecule has 0 aliphatic heterocycles. The Morgan fingerprint density at radius 1 is 1.50 bits per heavy atom. The molecule has 1 aromatic rings. The summed E-state index contributed by atoms with van der Waals surface area (Å²) in [5.41, 5.74) is -0.0848. The van der Waals surface area contributed by atoms with Gasteiger partial charge in [-0.05, 0) is 50.1 Å². The van der Waals surface area contributed by atoms with E-state index in [0.717, 1.165) is 31.8 Å². The summed E-state index contributed by atoms with van der Waals surface area (Å²) in [5.74, 6) is 0.792. The van der Waals surface area contributed by atoms with Crippen LogP contribution in [0, 0.1) is 11.3 Å². The normalized spacial score (nSPS) is 28.5. The van der Waals surface area contributed by atoms with E-state index in [1.165, 1.54) is 24.0 Å². The van der Waals surface area contributed by atoms with E-state index in [9.17, 15) is 4.79 Å². The van der Waals surface area contributed by atoms with Gasteiger partial charge in [-0.25, -0.2) is 0 Å². The lowest BCUT2D eigenvalue weighted by atomic mass is 9.71. The second-order valence-electron chi connectivity index (χ2n) is 5.91. The van der Waals surface area contributed by atoms with E-state index < -0.39 is 0 Å². The number of rotatable bonds is 5. The molecule has 0 bridgehead atoms. The molecule has 18 heavy (non-hydrogen) atoms. The Labute approximate surface area is 114 Å². The molecule has 1 aliphatic carbocycles. The van der Waals surface area contributed by atoms with Gasteiger partial charge in [0.05, 0.1) is 0 Å². The molecule has 1 fully saturated rings. The number of thiophene rings is 1. The Balaban J connectivity index is 1.91. The fourth-order valence-corrected chi connectivity index (χ4v) is 3.70. The summed E-state index contributed by atoms with van der Waals surface area (Å²) in [4.78, 5) is 15.2. The Bertz CT molecular complexity index is 366. The van der Waals surface area contributed by atoms with E-state index in [-0.39, 0.29) is 5.41 Å². The van der Waals surface area contributed by atoms with E-state index >= 15 is 0 Å². The lowest BCUT2D eigenvalue weighted by molar-refractivity contribution is -0.119. The third-order valence-corrected chi connectivity index (χ3v) is 4.97. The van der Waals surface area contributed by atoms with Crippen LogP contribution in [-0.2, 0) is 11.3 Å². The van der Waals surface area contributed by atoms with Gasteiger partial charge in [0.25, 0.3) is 0 Å². The van der Waals surface area contributed by atoms with Crippen LogP contribution in [0.15, 0.2) is 17.5 Å². The van der Waals surface area contributed by atoms with Crippen molar-refractivity contribution in [3.8, 4) is 0 Å². The molecule has 0 unspecified atom stereocenters. The quantitative estimate of drug-likeness (QED) is 0.759. The highest BCUT2D eigenvalue weighted by atomic mass is 32.1. The summed E-state index contributed by atoms with van der Waals surface area (Å²) in [6, 6.07) is 4.25. The Hall–Kier alpha value is -0.670. The molecule has 1 heterocycles. The van der Waals surface area contributed by atoms with Crippen LogP contribution in [0.4, 0.5) is 0 Å². The summed E-state index contributed by atoms with van der Waals surface area (Å²) in [6.07, 6.45) is 5.75. The zero-order chi connectivity index (χ0) is 13.0. The van der Waals surface area contributed by atoms with Crippen LogP contribution >= 0.6 is 11.3 Å². The van der Waals surface area contributed by atoms with E-state index in [4.69, 9.17) is 0 Å². The molecule has 0 N–H and O–H groups in total. The highest BCUT2D eigenvalue weighted by Gasteiger charge is 2.34. The number of hydrogen-bond donors (Lipinski definition) is 0. The largest absolute Gasteiger partial charge is 0.303 e. The van der Waals surface area contributed by atoms with Gasteiger partial charge < -0.3 is 9.69 Å². The second kappa shape index (κ2) is 5.98. The van der Waals surface area contributed by atoms with Gasteiger partial charge in [-0.1, -0.05) is 13.0 Å². The minimum Gasteiger partial charge on any atom is -0.303 e. The van der Waals surface area contributed by atoms with Crippen LogP contribution in [0.2, 0.25) is 0 Å². The number of carbonyl (C=O) groups excluding carboxylic acids is 1. The lowest BCUT2D eigenvalue weighted by Gasteiger charge is -2.37. The van der Waals surface area contributed by atoms with E-state index in [1.54, 1.807) is 11.3 Å². The Morgan fingerprint density at radius 2 is 2.22 bits per heavy atom. The monoisotopic (exact) mass is 265 g/mol. The van der Waals surface area contributed by atoms with Crippen molar-refractivity contribution < 1.29 is 4.79 Å². The first-order valence-corrected chi connectivity index (χ1v) is 7.69. The molecule has 3 heteroatoms. The van der Waals surface area contributed by atoms with Crippen molar-refractivity contribution in [3.05, 3.63) is 22.4 Å². The zero-order valence-corrected chi connectivity index (χ0v) is 12.2. The summed E-state index contributed by atoms with van der Waals surface area (Å²) in [7, 11) is 2.13. The van der Waals surface area contributed by atoms with Crippen LogP contribution in [0.3, 0.4) is 0 Å². The van der Waals surface area contributed by atoms with E-state index in [2.05, 4.69) is 36.4 Å². The van der Waals surface area contributed by atoms with E-state index in [0.29, 0.717) is 0 Å². The van der Waals surface area contributed by atoms with Gasteiger partial charge in [-0.2, -0.15) is 0 Å². The summed E-state index contributed by atoms with van der Waals surface area (Å²) >= 11 is 1.79. The third kappa shape index (κ3) is 3.42. The van der Waals surface area contributed by atoms with Gasteiger partial charge in [0.2, 0.25) is 0 Å². The van der Waals surface area contributed by atoms with Gasteiger partial charge in [-0.15, -0.1) is 11.3 Å². The summed E-state index contributed by atoms with van der Waals surface area (Å²) < 4.78 is 0. The second-order valence-corrected chi connectivity index (χ2v) is 6.95. The van der Waals surface area contributed by atoms with Crippen molar-refractivity contribution in [3.63, 3.8) is 0 Å². The first-order chi connectivity index (χ1) is 8.63. The fraction of sp³-hybridized carbons (Fsp3) is 0.667. The fourth-order valence-electron chi connectivity index (χ4n) is 2.91. The molecule has 0 amide bonds. The van der Waals surface area contributed by atoms with Gasteiger partial charge in [0.1, 0.15) is 6.29 Å².